The molecule has 2 atom stereocenters. The maximum absolute atomic E-state index is 12.9. The molecule has 1 aromatic rings. The van der Waals surface area contributed by atoms with Crippen LogP contribution < -0.4 is 0 Å². The lowest BCUT2D eigenvalue weighted by molar-refractivity contribution is -0.0270. The molecule has 0 amide bonds. The van der Waals surface area contributed by atoms with Crippen LogP contribution in [0.15, 0.2) is 32.0 Å². The molecule has 2 saturated heterocycles. The molecular formula is C18H26Br2N2O5S. The SMILES string of the molecule is O=S(=O)(c1cc(Br)ccc1Br)N1CCN(C[C@H](O)COC[C@H]2CCCO2)CC1. The molecule has 7 nitrogen and oxygen atoms in total. The molecule has 2 aliphatic rings. The summed E-state index contributed by atoms with van der Waals surface area (Å²) in [6.45, 7) is 3.99. The average molecular weight is 542 g/mol. The molecule has 1 N–H and O–H groups in total. The quantitative estimate of drug-likeness (QED) is 0.543. The van der Waals surface area contributed by atoms with Gasteiger partial charge in [0.15, 0.2) is 0 Å². The Morgan fingerprint density at radius 3 is 2.68 bits per heavy atom. The second-order valence-electron chi connectivity index (χ2n) is 7.11. The summed E-state index contributed by atoms with van der Waals surface area (Å²) in [4.78, 5) is 2.33. The van der Waals surface area contributed by atoms with Gasteiger partial charge in [0, 0.05) is 48.3 Å². The minimum Gasteiger partial charge on any atom is -0.389 e. The summed E-state index contributed by atoms with van der Waals surface area (Å²) in [5, 5.41) is 10.2. The third-order valence-corrected chi connectivity index (χ3v) is 8.34. The Hall–Kier alpha value is -0.0700. The Bertz CT molecular complexity index is 750. The molecule has 0 spiro atoms. The summed E-state index contributed by atoms with van der Waals surface area (Å²) >= 11 is 6.66. The monoisotopic (exact) mass is 540 g/mol. The van der Waals surface area contributed by atoms with E-state index in [4.69, 9.17) is 9.47 Å². The zero-order valence-corrected chi connectivity index (χ0v) is 19.6. The molecule has 0 bridgehead atoms. The van der Waals surface area contributed by atoms with E-state index in [0.717, 1.165) is 23.9 Å². The summed E-state index contributed by atoms with van der Waals surface area (Å²) in [6, 6.07) is 5.13. The second-order valence-corrected chi connectivity index (χ2v) is 10.8. The molecule has 2 aliphatic heterocycles. The minimum absolute atomic E-state index is 0.151. The maximum atomic E-state index is 12.9. The molecule has 0 aliphatic carbocycles. The number of hydrogen-bond acceptors (Lipinski definition) is 6. The zero-order chi connectivity index (χ0) is 20.1. The van der Waals surface area contributed by atoms with E-state index in [1.807, 2.05) is 0 Å². The largest absolute Gasteiger partial charge is 0.389 e. The molecule has 2 fully saturated rings. The summed E-state index contributed by atoms with van der Waals surface area (Å²) < 4.78 is 39.7. The third kappa shape index (κ3) is 5.98. The number of ether oxygens (including phenoxy) is 2. The van der Waals surface area contributed by atoms with Gasteiger partial charge in [-0.2, -0.15) is 4.31 Å². The van der Waals surface area contributed by atoms with Crippen molar-refractivity contribution < 1.29 is 23.0 Å². The highest BCUT2D eigenvalue weighted by Crippen LogP contribution is 2.28. The van der Waals surface area contributed by atoms with Crippen molar-refractivity contribution in [2.75, 3.05) is 52.5 Å². The van der Waals surface area contributed by atoms with E-state index in [-0.39, 0.29) is 17.6 Å². The molecule has 0 radical (unpaired) electrons. The molecule has 0 saturated carbocycles. The molecule has 158 valence electrons. The summed E-state index contributed by atoms with van der Waals surface area (Å²) in [5.41, 5.74) is 0. The molecule has 1 aromatic carbocycles. The summed E-state index contributed by atoms with van der Waals surface area (Å²) in [5.74, 6) is 0. The van der Waals surface area contributed by atoms with Crippen LogP contribution in [-0.2, 0) is 19.5 Å². The predicted molar refractivity (Wildman–Crippen MR) is 113 cm³/mol. The van der Waals surface area contributed by atoms with Gasteiger partial charge in [0.2, 0.25) is 10.0 Å². The highest BCUT2D eigenvalue weighted by molar-refractivity contribution is 9.11. The zero-order valence-electron chi connectivity index (χ0n) is 15.6. The van der Waals surface area contributed by atoms with Gasteiger partial charge in [-0.15, -0.1) is 0 Å². The fraction of sp³-hybridized carbons (Fsp3) is 0.667. The van der Waals surface area contributed by atoms with Gasteiger partial charge >= 0.3 is 0 Å². The van der Waals surface area contributed by atoms with Crippen molar-refractivity contribution in [1.82, 2.24) is 9.21 Å². The van der Waals surface area contributed by atoms with E-state index in [2.05, 4.69) is 36.8 Å². The van der Waals surface area contributed by atoms with Crippen LogP contribution >= 0.6 is 31.9 Å². The van der Waals surface area contributed by atoms with Crippen LogP contribution in [0.5, 0.6) is 0 Å². The number of sulfonamides is 1. The van der Waals surface area contributed by atoms with Gasteiger partial charge in [-0.3, -0.25) is 4.90 Å². The average Bonchev–Trinajstić information content (AvgIpc) is 3.17. The fourth-order valence-electron chi connectivity index (χ4n) is 3.43. The van der Waals surface area contributed by atoms with E-state index in [9.17, 15) is 13.5 Å². The van der Waals surface area contributed by atoms with Crippen LogP contribution in [0.4, 0.5) is 0 Å². The van der Waals surface area contributed by atoms with Crippen molar-refractivity contribution in [1.29, 1.82) is 0 Å². The second kappa shape index (κ2) is 10.3. The van der Waals surface area contributed by atoms with Gasteiger partial charge in [-0.25, -0.2) is 8.42 Å². The predicted octanol–water partition coefficient (Wildman–Crippen LogP) is 2.07. The first-order valence-electron chi connectivity index (χ1n) is 9.41. The van der Waals surface area contributed by atoms with Gasteiger partial charge in [-0.1, -0.05) is 15.9 Å². The maximum Gasteiger partial charge on any atom is 0.244 e. The first kappa shape index (κ1) is 22.6. The van der Waals surface area contributed by atoms with E-state index in [1.165, 1.54) is 4.31 Å². The van der Waals surface area contributed by atoms with Crippen LogP contribution in [-0.4, -0.2) is 87.5 Å². The van der Waals surface area contributed by atoms with Gasteiger partial charge in [0.1, 0.15) is 0 Å². The Kier molecular flexibility index (Phi) is 8.32. The molecule has 0 aromatic heterocycles. The first-order chi connectivity index (χ1) is 13.4. The Labute approximate surface area is 183 Å². The van der Waals surface area contributed by atoms with Crippen molar-refractivity contribution in [2.45, 2.75) is 29.9 Å². The number of hydrogen-bond donors (Lipinski definition) is 1. The van der Waals surface area contributed by atoms with Crippen LogP contribution in [0.2, 0.25) is 0 Å². The molecule has 3 rings (SSSR count). The van der Waals surface area contributed by atoms with Crippen molar-refractivity contribution in [3.8, 4) is 0 Å². The van der Waals surface area contributed by atoms with Crippen molar-refractivity contribution >= 4 is 41.9 Å². The van der Waals surface area contributed by atoms with E-state index < -0.39 is 16.1 Å². The topological polar surface area (TPSA) is 79.3 Å². The summed E-state index contributed by atoms with van der Waals surface area (Å²) in [6.07, 6.45) is 1.64. The van der Waals surface area contributed by atoms with Crippen molar-refractivity contribution in [3.63, 3.8) is 0 Å². The lowest BCUT2D eigenvalue weighted by Crippen LogP contribution is -2.50. The Balaban J connectivity index is 1.45. The first-order valence-corrected chi connectivity index (χ1v) is 12.4. The van der Waals surface area contributed by atoms with Gasteiger partial charge in [-0.05, 0) is 47.0 Å². The Morgan fingerprint density at radius 1 is 1.25 bits per heavy atom. The fourth-order valence-corrected chi connectivity index (χ4v) is 6.31. The number of halogens is 2. The highest BCUT2D eigenvalue weighted by atomic mass is 79.9. The Morgan fingerprint density at radius 2 is 2.00 bits per heavy atom. The van der Waals surface area contributed by atoms with Crippen LogP contribution in [0.25, 0.3) is 0 Å². The minimum atomic E-state index is -3.56. The molecule has 0 unspecified atom stereocenters. The van der Waals surface area contributed by atoms with Crippen LogP contribution in [0, 0.1) is 0 Å². The standard InChI is InChI=1S/C18H26Br2N2O5S/c19-14-3-4-17(20)18(10-14)28(24,25)22-7-5-21(6-8-22)11-15(23)12-26-13-16-2-1-9-27-16/h3-4,10,15-16,23H,1-2,5-9,11-13H2/t15-,16+/m0/s1. The van der Waals surface area contributed by atoms with Crippen LogP contribution in [0.1, 0.15) is 12.8 Å². The van der Waals surface area contributed by atoms with E-state index in [1.54, 1.807) is 18.2 Å². The van der Waals surface area contributed by atoms with E-state index >= 15 is 0 Å². The number of aliphatic hydroxyl groups excluding tert-OH is 1. The number of nitrogens with zero attached hydrogens (tertiary/aromatic N) is 2. The molecule has 10 heteroatoms. The van der Waals surface area contributed by atoms with Crippen molar-refractivity contribution in [3.05, 3.63) is 27.1 Å². The van der Waals surface area contributed by atoms with Crippen LogP contribution in [0.3, 0.4) is 0 Å². The highest BCUT2D eigenvalue weighted by Gasteiger charge is 2.30. The summed E-state index contributed by atoms with van der Waals surface area (Å²) in [7, 11) is -3.56. The van der Waals surface area contributed by atoms with Gasteiger partial charge in [0.25, 0.3) is 0 Å². The van der Waals surface area contributed by atoms with Crippen molar-refractivity contribution in [2.24, 2.45) is 0 Å². The number of β-amino-alcohol motifs (C(OH)–C–C–N with tert-alkyl or cyclic N) is 1. The van der Waals surface area contributed by atoms with Gasteiger partial charge in [0.05, 0.1) is 30.3 Å². The lowest BCUT2D eigenvalue weighted by Gasteiger charge is -2.35. The normalized spacial score (nSPS) is 23.2. The number of benzene rings is 1. The van der Waals surface area contributed by atoms with E-state index in [0.29, 0.717) is 43.8 Å². The molecule has 28 heavy (non-hydrogen) atoms. The smallest absolute Gasteiger partial charge is 0.244 e. The number of aliphatic hydroxyl groups is 1. The number of piperazine rings is 1. The number of rotatable bonds is 8. The molecule has 2 heterocycles. The molecular weight excluding hydrogens is 516 g/mol. The van der Waals surface area contributed by atoms with Gasteiger partial charge < -0.3 is 14.6 Å². The third-order valence-electron chi connectivity index (χ3n) is 4.95. The lowest BCUT2D eigenvalue weighted by atomic mass is 10.2.